The van der Waals surface area contributed by atoms with Crippen LogP contribution in [0.25, 0.3) is 0 Å². The first-order valence-electron chi connectivity index (χ1n) is 12.9. The maximum Gasteiger partial charge on any atom is 0.158 e. The van der Waals surface area contributed by atoms with Crippen LogP contribution in [0.4, 0.5) is 17.5 Å². The fourth-order valence-corrected chi connectivity index (χ4v) is 6.58. The van der Waals surface area contributed by atoms with Crippen LogP contribution in [0.5, 0.6) is 5.75 Å². The lowest BCUT2D eigenvalue weighted by Crippen LogP contribution is -2.56. The molecule has 5 heterocycles. The second-order valence-corrected chi connectivity index (χ2v) is 12.3. The molecule has 11 heteroatoms. The molecule has 3 aromatic rings. The molecular weight excluding hydrogens is 522 g/mol. The zero-order valence-corrected chi connectivity index (χ0v) is 23.0. The standard InChI is InChI=1S/C27H32ClN7O2S/c1-26(2,36)16-14-35(15-16)24-21(28)19(7-10-31-24)38-25-23(30)33-20(13-32-25)34-11-8-27(9-12-34)22(29)17-5-3-4-6-18(17)37-27/h3-7,10,13,16,22,36H,8-9,11-12,14-15,29H2,1-2H3,(H2,30,33)/t22-/m1/s1. The third-order valence-electron chi connectivity index (χ3n) is 8.04. The molecule has 2 fully saturated rings. The minimum absolute atomic E-state index is 0.136. The third kappa shape index (κ3) is 4.43. The maximum absolute atomic E-state index is 10.2. The first kappa shape index (κ1) is 25.5. The van der Waals surface area contributed by atoms with Gasteiger partial charge in [-0.2, -0.15) is 0 Å². The van der Waals surface area contributed by atoms with Gasteiger partial charge in [0.05, 0.1) is 22.9 Å². The van der Waals surface area contributed by atoms with E-state index in [-0.39, 0.29) is 17.6 Å². The molecule has 9 nitrogen and oxygen atoms in total. The molecular formula is C27H32ClN7O2S. The summed E-state index contributed by atoms with van der Waals surface area (Å²) in [5.41, 5.74) is 12.9. The van der Waals surface area contributed by atoms with E-state index in [4.69, 9.17) is 27.8 Å². The van der Waals surface area contributed by atoms with E-state index >= 15 is 0 Å². The molecule has 0 saturated carbocycles. The van der Waals surface area contributed by atoms with E-state index in [0.717, 1.165) is 48.0 Å². The number of halogens is 1. The highest BCUT2D eigenvalue weighted by atomic mass is 35.5. The molecule has 200 valence electrons. The Balaban J connectivity index is 1.12. The van der Waals surface area contributed by atoms with Crippen molar-refractivity contribution in [2.24, 2.45) is 11.7 Å². The van der Waals surface area contributed by atoms with Gasteiger partial charge in [0.25, 0.3) is 0 Å². The summed E-state index contributed by atoms with van der Waals surface area (Å²) in [5.74, 6) is 2.88. The van der Waals surface area contributed by atoms with Crippen LogP contribution in [-0.4, -0.2) is 57.4 Å². The van der Waals surface area contributed by atoms with Crippen LogP contribution < -0.4 is 26.0 Å². The average molecular weight is 554 g/mol. The van der Waals surface area contributed by atoms with E-state index in [0.29, 0.717) is 34.8 Å². The molecule has 0 radical (unpaired) electrons. The highest BCUT2D eigenvalue weighted by molar-refractivity contribution is 7.99. The molecule has 38 heavy (non-hydrogen) atoms. The molecule has 1 atom stereocenters. The van der Waals surface area contributed by atoms with Crippen LogP contribution >= 0.6 is 23.4 Å². The largest absolute Gasteiger partial charge is 0.485 e. The van der Waals surface area contributed by atoms with Crippen molar-refractivity contribution in [1.82, 2.24) is 15.0 Å². The summed E-state index contributed by atoms with van der Waals surface area (Å²) >= 11 is 8.11. The van der Waals surface area contributed by atoms with Gasteiger partial charge < -0.3 is 31.1 Å². The summed E-state index contributed by atoms with van der Waals surface area (Å²) in [7, 11) is 0. The van der Waals surface area contributed by atoms with Gasteiger partial charge >= 0.3 is 0 Å². The number of nitrogens with two attached hydrogens (primary N) is 2. The highest BCUT2D eigenvalue weighted by Gasteiger charge is 2.48. The highest BCUT2D eigenvalue weighted by Crippen LogP contribution is 2.47. The quantitative estimate of drug-likeness (QED) is 0.428. The van der Waals surface area contributed by atoms with Gasteiger partial charge in [-0.3, -0.25) is 0 Å². The maximum atomic E-state index is 10.2. The SMILES string of the molecule is CC(C)(O)C1CN(c2nccc(Sc3ncc(N4CCC5(CC4)Oc4ccccc4[C@H]5N)nc3N)c2Cl)C1. The van der Waals surface area contributed by atoms with E-state index in [9.17, 15) is 5.11 Å². The van der Waals surface area contributed by atoms with E-state index in [1.165, 1.54) is 11.8 Å². The summed E-state index contributed by atoms with van der Waals surface area (Å²) in [5, 5.41) is 11.4. The fourth-order valence-electron chi connectivity index (χ4n) is 5.45. The topological polar surface area (TPSA) is 127 Å². The van der Waals surface area contributed by atoms with E-state index in [1.807, 2.05) is 38.1 Å². The van der Waals surface area contributed by atoms with Crippen LogP contribution in [0, 0.1) is 5.92 Å². The van der Waals surface area contributed by atoms with Crippen LogP contribution in [0.2, 0.25) is 5.02 Å². The minimum atomic E-state index is -0.725. The molecule has 0 unspecified atom stereocenters. The molecule has 3 aliphatic heterocycles. The number of nitrogen functional groups attached to an aromatic ring is 1. The number of hydrogen-bond acceptors (Lipinski definition) is 10. The van der Waals surface area contributed by atoms with Crippen molar-refractivity contribution in [2.75, 3.05) is 41.7 Å². The monoisotopic (exact) mass is 553 g/mol. The van der Waals surface area contributed by atoms with Crippen molar-refractivity contribution < 1.29 is 9.84 Å². The Morgan fingerprint density at radius 2 is 1.87 bits per heavy atom. The van der Waals surface area contributed by atoms with E-state index in [1.54, 1.807) is 12.4 Å². The number of fused-ring (bicyclic) bond motifs is 1. The van der Waals surface area contributed by atoms with E-state index in [2.05, 4.69) is 30.8 Å². The Hall–Kier alpha value is -2.79. The Labute approximate surface area is 231 Å². The Bertz CT molecular complexity index is 1350. The van der Waals surface area contributed by atoms with Gasteiger partial charge in [0.15, 0.2) is 5.82 Å². The van der Waals surface area contributed by atoms with Crippen molar-refractivity contribution in [2.45, 2.75) is 53.9 Å². The van der Waals surface area contributed by atoms with Gasteiger partial charge in [0.1, 0.15) is 28.0 Å². The second-order valence-electron chi connectivity index (χ2n) is 10.9. The number of pyridine rings is 1. The number of anilines is 3. The van der Waals surface area contributed by atoms with Crippen molar-refractivity contribution in [3.63, 3.8) is 0 Å². The van der Waals surface area contributed by atoms with Gasteiger partial charge in [-0.15, -0.1) is 0 Å². The normalized spacial score (nSPS) is 20.8. The number of rotatable bonds is 5. The number of nitrogens with zero attached hydrogens (tertiary/aromatic N) is 5. The number of para-hydroxylation sites is 1. The summed E-state index contributed by atoms with van der Waals surface area (Å²) in [6.07, 6.45) is 5.08. The van der Waals surface area contributed by atoms with Crippen molar-refractivity contribution in [1.29, 1.82) is 0 Å². The lowest BCUT2D eigenvalue weighted by molar-refractivity contribution is 0.00438. The summed E-state index contributed by atoms with van der Waals surface area (Å²) < 4.78 is 6.36. The summed E-state index contributed by atoms with van der Waals surface area (Å²) in [6.45, 7) is 6.59. The summed E-state index contributed by atoms with van der Waals surface area (Å²) in [6, 6.07) is 9.75. The molecule has 2 aromatic heterocycles. The van der Waals surface area contributed by atoms with Crippen LogP contribution in [0.3, 0.4) is 0 Å². The Morgan fingerprint density at radius 1 is 1.13 bits per heavy atom. The predicted molar refractivity (Wildman–Crippen MR) is 150 cm³/mol. The van der Waals surface area contributed by atoms with Gasteiger partial charge in [-0.05, 0) is 26.0 Å². The Morgan fingerprint density at radius 3 is 2.55 bits per heavy atom. The molecule has 0 amide bonds. The Kier molecular flexibility index (Phi) is 6.33. The van der Waals surface area contributed by atoms with Crippen molar-refractivity contribution in [3.8, 4) is 5.75 Å². The molecule has 0 aliphatic carbocycles. The summed E-state index contributed by atoms with van der Waals surface area (Å²) in [4.78, 5) is 18.8. The molecule has 1 spiro atoms. The van der Waals surface area contributed by atoms with Crippen LogP contribution in [-0.2, 0) is 0 Å². The van der Waals surface area contributed by atoms with Crippen LogP contribution in [0.1, 0.15) is 38.3 Å². The smallest absolute Gasteiger partial charge is 0.158 e. The van der Waals surface area contributed by atoms with Gasteiger partial charge in [0, 0.05) is 61.6 Å². The van der Waals surface area contributed by atoms with E-state index < -0.39 is 5.60 Å². The predicted octanol–water partition coefficient (Wildman–Crippen LogP) is 3.90. The van der Waals surface area contributed by atoms with Gasteiger partial charge in [-0.25, -0.2) is 15.0 Å². The van der Waals surface area contributed by atoms with Gasteiger partial charge in [-0.1, -0.05) is 41.6 Å². The molecule has 6 rings (SSSR count). The second kappa shape index (κ2) is 9.44. The number of hydrogen-bond donors (Lipinski definition) is 3. The first-order valence-corrected chi connectivity index (χ1v) is 14.0. The zero-order chi connectivity index (χ0) is 26.7. The lowest BCUT2D eigenvalue weighted by atomic mass is 9.83. The zero-order valence-electron chi connectivity index (χ0n) is 21.5. The number of aliphatic hydroxyl groups is 1. The number of piperidine rings is 1. The molecule has 1 aromatic carbocycles. The molecule has 2 saturated heterocycles. The first-order chi connectivity index (χ1) is 18.1. The third-order valence-corrected chi connectivity index (χ3v) is 9.59. The lowest BCUT2D eigenvalue weighted by Gasteiger charge is -2.46. The average Bonchev–Trinajstić information content (AvgIpc) is 3.12. The fraction of sp³-hybridized carbons (Fsp3) is 0.444. The molecule has 0 bridgehead atoms. The number of benzene rings is 1. The molecule has 5 N–H and O–H groups in total. The van der Waals surface area contributed by atoms with Crippen LogP contribution in [0.15, 0.2) is 52.6 Å². The van der Waals surface area contributed by atoms with Crippen molar-refractivity contribution >= 4 is 40.8 Å². The van der Waals surface area contributed by atoms with Gasteiger partial charge in [0.2, 0.25) is 0 Å². The molecule has 3 aliphatic rings. The number of ether oxygens (including phenoxy) is 1. The minimum Gasteiger partial charge on any atom is -0.485 e. The number of aromatic nitrogens is 3. The van der Waals surface area contributed by atoms with Crippen molar-refractivity contribution in [3.05, 3.63) is 53.3 Å².